The first-order valence-electron chi connectivity index (χ1n) is 6.23. The minimum atomic E-state index is -0.974. The number of carboxylic acid groups (broad SMARTS) is 1. The normalized spacial score (nSPS) is 10.4. The number of methoxy groups -OCH3 is 1. The fourth-order valence-electron chi connectivity index (χ4n) is 1.52. The van der Waals surface area contributed by atoms with Crippen molar-refractivity contribution < 1.29 is 19.4 Å². The Balaban J connectivity index is 2.17. The van der Waals surface area contributed by atoms with Crippen LogP contribution in [-0.4, -0.2) is 49.5 Å². The van der Waals surface area contributed by atoms with E-state index >= 15 is 0 Å². The number of unbranched alkanes of at least 4 members (excludes halogenated alkanes) is 1. The Labute approximate surface area is 112 Å². The summed E-state index contributed by atoms with van der Waals surface area (Å²) in [6, 6.07) is 1.67. The molecule has 0 amide bonds. The van der Waals surface area contributed by atoms with E-state index < -0.39 is 5.97 Å². The number of pyridine rings is 1. The van der Waals surface area contributed by atoms with Gasteiger partial charge in [0.05, 0.1) is 18.9 Å². The highest BCUT2D eigenvalue weighted by Crippen LogP contribution is 2.13. The molecule has 0 saturated carbocycles. The molecular weight excluding hydrogens is 248 g/mol. The summed E-state index contributed by atoms with van der Waals surface area (Å²) in [5.41, 5.74) is 0.793. The summed E-state index contributed by atoms with van der Waals surface area (Å²) in [6.07, 6.45) is 4.75. The van der Waals surface area contributed by atoms with E-state index in [-0.39, 0.29) is 5.56 Å². The summed E-state index contributed by atoms with van der Waals surface area (Å²) in [5, 5.41) is 12.1. The maximum Gasteiger partial charge on any atom is 0.339 e. The quantitative estimate of drug-likeness (QED) is 0.628. The fourth-order valence-corrected chi connectivity index (χ4v) is 1.52. The summed E-state index contributed by atoms with van der Waals surface area (Å²) >= 11 is 0. The lowest BCUT2D eigenvalue weighted by Gasteiger charge is -2.09. The van der Waals surface area contributed by atoms with Crippen LogP contribution >= 0.6 is 0 Å². The highest BCUT2D eigenvalue weighted by atomic mass is 16.5. The Hall–Kier alpha value is -1.66. The molecule has 0 aliphatic rings. The molecule has 0 atom stereocenters. The first-order chi connectivity index (χ1) is 9.25. The lowest BCUT2D eigenvalue weighted by Crippen LogP contribution is -2.09. The van der Waals surface area contributed by atoms with E-state index in [0.717, 1.165) is 12.8 Å². The third-order valence-corrected chi connectivity index (χ3v) is 2.51. The van der Waals surface area contributed by atoms with Crippen molar-refractivity contribution in [1.82, 2.24) is 4.98 Å². The summed E-state index contributed by atoms with van der Waals surface area (Å²) < 4.78 is 10.2. The average molecular weight is 268 g/mol. The molecule has 0 bridgehead atoms. The Morgan fingerprint density at radius 3 is 2.95 bits per heavy atom. The van der Waals surface area contributed by atoms with Crippen molar-refractivity contribution in [2.24, 2.45) is 0 Å². The van der Waals surface area contributed by atoms with Crippen molar-refractivity contribution in [2.75, 3.05) is 38.8 Å². The predicted molar refractivity (Wildman–Crippen MR) is 71.6 cm³/mol. The van der Waals surface area contributed by atoms with Crippen molar-refractivity contribution in [3.8, 4) is 0 Å². The zero-order valence-corrected chi connectivity index (χ0v) is 11.1. The molecule has 6 nitrogen and oxygen atoms in total. The second-order valence-corrected chi connectivity index (χ2v) is 3.97. The van der Waals surface area contributed by atoms with E-state index in [1.165, 1.54) is 6.20 Å². The Morgan fingerprint density at radius 1 is 1.37 bits per heavy atom. The molecule has 1 heterocycles. The van der Waals surface area contributed by atoms with Crippen molar-refractivity contribution in [3.05, 3.63) is 24.0 Å². The Morgan fingerprint density at radius 2 is 2.21 bits per heavy atom. The second kappa shape index (κ2) is 9.29. The minimum Gasteiger partial charge on any atom is -0.478 e. The number of carbonyl (C=O) groups is 1. The first-order valence-corrected chi connectivity index (χ1v) is 6.23. The lowest BCUT2D eigenvalue weighted by molar-refractivity contribution is 0.0690. The largest absolute Gasteiger partial charge is 0.478 e. The molecule has 0 aromatic carbocycles. The number of ether oxygens (including phenoxy) is 2. The van der Waals surface area contributed by atoms with Crippen LogP contribution in [-0.2, 0) is 9.47 Å². The first kappa shape index (κ1) is 15.4. The molecule has 106 valence electrons. The van der Waals surface area contributed by atoms with Gasteiger partial charge in [0.15, 0.2) is 0 Å². The average Bonchev–Trinajstić information content (AvgIpc) is 2.42. The number of hydrogen-bond donors (Lipinski definition) is 2. The van der Waals surface area contributed by atoms with E-state index in [0.29, 0.717) is 32.1 Å². The molecule has 0 fully saturated rings. The van der Waals surface area contributed by atoms with Gasteiger partial charge in [-0.25, -0.2) is 4.79 Å². The minimum absolute atomic E-state index is 0.193. The monoisotopic (exact) mass is 268 g/mol. The second-order valence-electron chi connectivity index (χ2n) is 3.97. The van der Waals surface area contributed by atoms with Gasteiger partial charge < -0.3 is 19.9 Å². The standard InChI is InChI=1S/C13H20N2O4/c1-18-8-9-19-7-3-2-5-15-12-4-6-14-10-11(12)13(16)17/h4,6,10H,2-3,5,7-9H2,1H3,(H,14,15)(H,16,17). The number of rotatable bonds is 10. The molecule has 0 unspecified atom stereocenters. The van der Waals surface area contributed by atoms with E-state index in [2.05, 4.69) is 10.3 Å². The van der Waals surface area contributed by atoms with Crippen molar-refractivity contribution >= 4 is 11.7 Å². The predicted octanol–water partition coefficient (Wildman–Crippen LogP) is 1.63. The number of nitrogens with one attached hydrogen (secondary N) is 1. The maximum absolute atomic E-state index is 10.9. The molecule has 2 N–H and O–H groups in total. The van der Waals surface area contributed by atoms with Crippen LogP contribution in [0.5, 0.6) is 0 Å². The van der Waals surface area contributed by atoms with Gasteiger partial charge >= 0.3 is 5.97 Å². The summed E-state index contributed by atoms with van der Waals surface area (Å²) in [6.45, 7) is 2.61. The van der Waals surface area contributed by atoms with E-state index in [1.807, 2.05) is 0 Å². The zero-order valence-electron chi connectivity index (χ0n) is 11.1. The number of aromatic nitrogens is 1. The van der Waals surface area contributed by atoms with Gasteiger partial charge in [0.1, 0.15) is 5.56 Å². The van der Waals surface area contributed by atoms with Crippen molar-refractivity contribution in [3.63, 3.8) is 0 Å². The SMILES string of the molecule is COCCOCCCCNc1ccncc1C(=O)O. The molecule has 1 aromatic heterocycles. The molecule has 1 rings (SSSR count). The van der Waals surface area contributed by atoms with Gasteiger partial charge in [-0.3, -0.25) is 4.98 Å². The summed E-state index contributed by atoms with van der Waals surface area (Å²) in [7, 11) is 1.64. The van der Waals surface area contributed by atoms with Crippen LogP contribution in [0.1, 0.15) is 23.2 Å². The third kappa shape index (κ3) is 6.17. The van der Waals surface area contributed by atoms with E-state index in [9.17, 15) is 4.79 Å². The molecular formula is C13H20N2O4. The Bertz CT molecular complexity index is 385. The van der Waals surface area contributed by atoms with Crippen LogP contribution in [0.3, 0.4) is 0 Å². The van der Waals surface area contributed by atoms with Crippen LogP contribution < -0.4 is 5.32 Å². The Kier molecular flexibility index (Phi) is 7.53. The van der Waals surface area contributed by atoms with Gasteiger partial charge in [-0.15, -0.1) is 0 Å². The highest BCUT2D eigenvalue weighted by Gasteiger charge is 2.08. The molecule has 19 heavy (non-hydrogen) atoms. The molecule has 6 heteroatoms. The van der Waals surface area contributed by atoms with Gasteiger partial charge in [0, 0.05) is 32.7 Å². The summed E-state index contributed by atoms with van der Waals surface area (Å²) in [5.74, 6) is -0.974. The molecule has 0 radical (unpaired) electrons. The van der Waals surface area contributed by atoms with Crippen molar-refractivity contribution in [2.45, 2.75) is 12.8 Å². The van der Waals surface area contributed by atoms with Crippen LogP contribution in [0.2, 0.25) is 0 Å². The smallest absolute Gasteiger partial charge is 0.339 e. The number of aromatic carboxylic acids is 1. The number of nitrogens with zero attached hydrogens (tertiary/aromatic N) is 1. The number of hydrogen-bond acceptors (Lipinski definition) is 5. The van der Waals surface area contributed by atoms with Crippen LogP contribution in [0.4, 0.5) is 5.69 Å². The van der Waals surface area contributed by atoms with Crippen LogP contribution in [0.25, 0.3) is 0 Å². The van der Waals surface area contributed by atoms with E-state index in [1.54, 1.807) is 19.4 Å². The van der Waals surface area contributed by atoms with Gasteiger partial charge in [-0.1, -0.05) is 0 Å². The number of carboxylic acids is 1. The highest BCUT2D eigenvalue weighted by molar-refractivity contribution is 5.93. The van der Waals surface area contributed by atoms with Gasteiger partial charge in [0.25, 0.3) is 0 Å². The maximum atomic E-state index is 10.9. The zero-order chi connectivity index (χ0) is 13.9. The van der Waals surface area contributed by atoms with Gasteiger partial charge in [0.2, 0.25) is 0 Å². The number of anilines is 1. The molecule has 0 saturated heterocycles. The van der Waals surface area contributed by atoms with E-state index in [4.69, 9.17) is 14.6 Å². The molecule has 0 aliphatic heterocycles. The summed E-state index contributed by atoms with van der Waals surface area (Å²) in [4.78, 5) is 14.7. The lowest BCUT2D eigenvalue weighted by atomic mass is 10.2. The fraction of sp³-hybridized carbons (Fsp3) is 0.538. The topological polar surface area (TPSA) is 80.7 Å². The van der Waals surface area contributed by atoms with Crippen LogP contribution in [0.15, 0.2) is 18.5 Å². The molecule has 1 aromatic rings. The van der Waals surface area contributed by atoms with Crippen LogP contribution in [0, 0.1) is 0 Å². The van der Waals surface area contributed by atoms with Gasteiger partial charge in [-0.2, -0.15) is 0 Å². The third-order valence-electron chi connectivity index (χ3n) is 2.51. The molecule has 0 aliphatic carbocycles. The van der Waals surface area contributed by atoms with Gasteiger partial charge in [-0.05, 0) is 18.9 Å². The van der Waals surface area contributed by atoms with Crippen molar-refractivity contribution in [1.29, 1.82) is 0 Å². The molecule has 0 spiro atoms.